The van der Waals surface area contributed by atoms with Gasteiger partial charge in [-0.2, -0.15) is 0 Å². The van der Waals surface area contributed by atoms with Crippen molar-refractivity contribution >= 4 is 31.9 Å². The minimum atomic E-state index is -1.71. The van der Waals surface area contributed by atoms with E-state index in [9.17, 15) is 0 Å². The van der Waals surface area contributed by atoms with E-state index in [0.29, 0.717) is 0 Å². The second-order valence-electron chi connectivity index (χ2n) is 1.20. The fourth-order valence-electron chi connectivity index (χ4n) is 0.313. The van der Waals surface area contributed by atoms with Crippen molar-refractivity contribution in [1.82, 2.24) is 0 Å². The average Bonchev–Trinajstić information content (AvgIpc) is 1.98. The van der Waals surface area contributed by atoms with Gasteiger partial charge in [0.2, 0.25) is 0 Å². The fourth-order valence-corrected chi connectivity index (χ4v) is 0.741. The van der Waals surface area contributed by atoms with Crippen LogP contribution in [0.5, 0.6) is 0 Å². The van der Waals surface area contributed by atoms with Crippen LogP contribution in [0.2, 0.25) is 0 Å². The van der Waals surface area contributed by atoms with Crippen molar-refractivity contribution in [2.75, 3.05) is 0 Å². The molecule has 0 radical (unpaired) electrons. The minimum absolute atomic E-state index is 0.209. The van der Waals surface area contributed by atoms with Crippen LogP contribution in [0.1, 0.15) is 6.85 Å². The zero-order valence-corrected chi connectivity index (χ0v) is 7.01. The Hall–Kier alpha value is 0.440. The summed E-state index contributed by atoms with van der Waals surface area (Å²) >= 11 is 5.81. The molecule has 0 bridgehead atoms. The first kappa shape index (κ1) is 2.59. The topological polar surface area (TPSA) is 0 Å². The molecule has 0 aliphatic heterocycles. The highest BCUT2D eigenvalue weighted by Crippen LogP contribution is 2.19. The van der Waals surface area contributed by atoms with Gasteiger partial charge in [0.05, 0.1) is 4.11 Å². The van der Waals surface area contributed by atoms with Crippen molar-refractivity contribution in [2.45, 2.75) is 9.61 Å². The van der Waals surface area contributed by atoms with Crippen LogP contribution in [0.25, 0.3) is 0 Å². The second-order valence-corrected chi connectivity index (χ2v) is 2.85. The zero-order valence-electron chi connectivity index (χ0n) is 8.83. The van der Waals surface area contributed by atoms with E-state index in [1.807, 2.05) is 0 Å². The summed E-state index contributed by atoms with van der Waals surface area (Å²) in [5, 5.41) is 0. The summed E-state index contributed by atoms with van der Waals surface area (Å²) in [5.41, 5.74) is 0. The molecule has 2 atom stereocenters. The fraction of sp³-hybridized carbons (Fsp3) is 0.333. The van der Waals surface area contributed by atoms with E-state index in [1.54, 1.807) is 0 Å². The molecule has 2 heteroatoms. The first-order chi connectivity index (χ1) is 5.70. The number of allylic oxidation sites excluding steroid dienone is 4. The molecular weight excluding hydrogens is 232 g/mol. The Balaban J connectivity index is 3.32. The standard InChI is InChI=1S/C6H6Br2/c7-5-3-1-2-4-6(5)8/h1-6H/i1D,2D,3D,5D,6D. The zero-order chi connectivity index (χ0) is 10.4. The molecule has 0 N–H and O–H groups in total. The van der Waals surface area contributed by atoms with Gasteiger partial charge in [0.25, 0.3) is 0 Å². The van der Waals surface area contributed by atoms with Crippen molar-refractivity contribution in [2.24, 2.45) is 0 Å². The Kier molecular flexibility index (Phi) is 0.915. The van der Waals surface area contributed by atoms with E-state index in [-0.39, 0.29) is 18.2 Å². The molecule has 0 saturated heterocycles. The Labute approximate surface area is 72.9 Å². The quantitative estimate of drug-likeness (QED) is 0.573. The van der Waals surface area contributed by atoms with Gasteiger partial charge < -0.3 is 0 Å². The summed E-state index contributed by atoms with van der Waals surface area (Å²) in [7, 11) is 0. The molecule has 0 spiro atoms. The Morgan fingerprint density at radius 3 is 2.88 bits per heavy atom. The van der Waals surface area contributed by atoms with Crippen LogP contribution in [0.4, 0.5) is 0 Å². The summed E-state index contributed by atoms with van der Waals surface area (Å²) < 4.78 is 37.3. The van der Waals surface area contributed by atoms with Gasteiger partial charge in [-0.15, -0.1) is 0 Å². The van der Waals surface area contributed by atoms with E-state index >= 15 is 0 Å². The van der Waals surface area contributed by atoms with E-state index < -0.39 is 9.61 Å². The Morgan fingerprint density at radius 2 is 2.12 bits per heavy atom. The first-order valence-corrected chi connectivity index (χ1v) is 3.54. The third kappa shape index (κ3) is 1.46. The molecule has 0 aromatic carbocycles. The highest BCUT2D eigenvalue weighted by molar-refractivity contribution is 9.12. The lowest BCUT2D eigenvalue weighted by atomic mass is 10.2. The van der Waals surface area contributed by atoms with Crippen LogP contribution in [0, 0.1) is 0 Å². The summed E-state index contributed by atoms with van der Waals surface area (Å²) in [6.45, 7) is 0. The minimum Gasteiger partial charge on any atom is -0.0830 e. The predicted molar refractivity (Wildman–Crippen MR) is 43.7 cm³/mol. The molecule has 1 aliphatic rings. The molecule has 0 heterocycles. The second kappa shape index (κ2) is 2.83. The van der Waals surface area contributed by atoms with Gasteiger partial charge in [0, 0.05) is 12.3 Å². The van der Waals surface area contributed by atoms with Crippen molar-refractivity contribution < 1.29 is 6.85 Å². The SMILES string of the molecule is [2H]C1=CC([2H])(Br)C([2H])(Br)C([2H])=C1[2H]. The monoisotopic (exact) mass is 241 g/mol. The van der Waals surface area contributed by atoms with E-state index in [0.717, 1.165) is 6.08 Å². The van der Waals surface area contributed by atoms with Crippen LogP contribution in [0.3, 0.4) is 0 Å². The first-order valence-electron chi connectivity index (χ1n) is 4.46. The van der Waals surface area contributed by atoms with Gasteiger partial charge in [0.15, 0.2) is 0 Å². The summed E-state index contributed by atoms with van der Waals surface area (Å²) in [6.07, 6.45) is 1.12. The van der Waals surface area contributed by atoms with Crippen molar-refractivity contribution in [3.05, 3.63) is 24.2 Å². The average molecular weight is 243 g/mol. The summed E-state index contributed by atoms with van der Waals surface area (Å²) in [5.74, 6) is 0. The number of hydrogen-bond acceptors (Lipinski definition) is 0. The lowest BCUT2D eigenvalue weighted by Crippen LogP contribution is -2.09. The smallest absolute Gasteiger partial charge is 0.0620 e. The molecule has 44 valence electrons. The van der Waals surface area contributed by atoms with E-state index in [2.05, 4.69) is 31.9 Å². The summed E-state index contributed by atoms with van der Waals surface area (Å²) in [6, 6.07) is -0.916. The largest absolute Gasteiger partial charge is 0.0830 e. The molecule has 8 heavy (non-hydrogen) atoms. The van der Waals surface area contributed by atoms with E-state index in [4.69, 9.17) is 6.85 Å². The molecule has 0 amide bonds. The number of hydrogen-bond donors (Lipinski definition) is 0. The molecule has 0 aromatic heterocycles. The van der Waals surface area contributed by atoms with Gasteiger partial charge in [-0.3, -0.25) is 0 Å². The highest BCUT2D eigenvalue weighted by Gasteiger charge is 2.09. The van der Waals surface area contributed by atoms with Crippen LogP contribution in [-0.2, 0) is 0 Å². The molecule has 0 fully saturated rings. The van der Waals surface area contributed by atoms with Crippen molar-refractivity contribution in [1.29, 1.82) is 0 Å². The van der Waals surface area contributed by atoms with Crippen LogP contribution in [-0.4, -0.2) is 9.61 Å². The molecule has 0 aromatic rings. The molecule has 1 rings (SSSR count). The lowest BCUT2D eigenvalue weighted by Gasteiger charge is -2.10. The Bertz CT molecular complexity index is 304. The highest BCUT2D eigenvalue weighted by atomic mass is 79.9. The van der Waals surface area contributed by atoms with Crippen LogP contribution >= 0.6 is 31.9 Å². The third-order valence-electron chi connectivity index (χ3n) is 0.653. The molecule has 0 saturated carbocycles. The molecule has 1 aliphatic carbocycles. The normalized spacial score (nSPS) is 66.8. The van der Waals surface area contributed by atoms with Gasteiger partial charge in [-0.25, -0.2) is 0 Å². The Morgan fingerprint density at radius 1 is 1.38 bits per heavy atom. The molecule has 2 unspecified atom stereocenters. The number of halogens is 2. The molecular formula is C6H6Br2. The maximum atomic E-state index is 7.64. The van der Waals surface area contributed by atoms with E-state index in [1.165, 1.54) is 0 Å². The summed E-state index contributed by atoms with van der Waals surface area (Å²) in [4.78, 5) is -3.28. The molecule has 0 nitrogen and oxygen atoms in total. The van der Waals surface area contributed by atoms with Crippen molar-refractivity contribution in [3.63, 3.8) is 0 Å². The maximum Gasteiger partial charge on any atom is 0.0620 e. The van der Waals surface area contributed by atoms with Gasteiger partial charge >= 0.3 is 0 Å². The number of rotatable bonds is 0. The van der Waals surface area contributed by atoms with Gasteiger partial charge in [-0.05, 0) is 0 Å². The van der Waals surface area contributed by atoms with Crippen molar-refractivity contribution in [3.8, 4) is 0 Å². The van der Waals surface area contributed by atoms with Crippen LogP contribution in [0.15, 0.2) is 24.2 Å². The number of alkyl halides is 2. The lowest BCUT2D eigenvalue weighted by molar-refractivity contribution is 1.11. The maximum absolute atomic E-state index is 7.64. The predicted octanol–water partition coefficient (Wildman–Crippen LogP) is 2.64. The third-order valence-corrected chi connectivity index (χ3v) is 2.44. The van der Waals surface area contributed by atoms with Crippen LogP contribution < -0.4 is 0 Å². The van der Waals surface area contributed by atoms with Gasteiger partial charge in [0.1, 0.15) is 0 Å². The van der Waals surface area contributed by atoms with Gasteiger partial charge in [-0.1, -0.05) is 56.1 Å².